The molecule has 1 aromatic rings. The molecule has 8 heteroatoms. The summed E-state index contributed by atoms with van der Waals surface area (Å²) in [6, 6.07) is 2.79. The predicted molar refractivity (Wildman–Crippen MR) is 89.1 cm³/mol. The molecule has 2 amide bonds. The number of ether oxygens (including phenoxy) is 1. The minimum atomic E-state index is -0.717. The lowest BCUT2D eigenvalue weighted by atomic mass is 10.2. The molecule has 1 N–H and O–H groups in total. The Balaban J connectivity index is 1.91. The molecule has 24 heavy (non-hydrogen) atoms. The monoisotopic (exact) mass is 354 g/mol. The molecular formula is C16H22N2O5S. The molecule has 1 aromatic heterocycles. The van der Waals surface area contributed by atoms with Gasteiger partial charge in [-0.15, -0.1) is 11.8 Å². The zero-order valence-electron chi connectivity index (χ0n) is 13.8. The second-order valence-corrected chi connectivity index (χ2v) is 6.57. The molecule has 132 valence electrons. The van der Waals surface area contributed by atoms with Crippen molar-refractivity contribution < 1.29 is 23.5 Å². The number of nitrogens with one attached hydrogen (secondary N) is 1. The summed E-state index contributed by atoms with van der Waals surface area (Å²) in [5, 5.41) is 2.32. The fourth-order valence-electron chi connectivity index (χ4n) is 2.41. The molecule has 2 heterocycles. The van der Waals surface area contributed by atoms with Crippen molar-refractivity contribution in [3.8, 4) is 0 Å². The SMILES string of the molecule is CCCCNC(=O)COC(=O)[C@H]1CS[C@@H](c2ccco2)N1C(C)=O. The quantitative estimate of drug-likeness (QED) is 0.592. The zero-order valence-corrected chi connectivity index (χ0v) is 14.6. The Morgan fingerprint density at radius 1 is 1.46 bits per heavy atom. The van der Waals surface area contributed by atoms with E-state index >= 15 is 0 Å². The maximum absolute atomic E-state index is 12.3. The van der Waals surface area contributed by atoms with Crippen molar-refractivity contribution >= 4 is 29.5 Å². The maximum atomic E-state index is 12.3. The predicted octanol–water partition coefficient (Wildman–Crippen LogP) is 1.70. The summed E-state index contributed by atoms with van der Waals surface area (Å²) in [6.07, 6.45) is 3.38. The summed E-state index contributed by atoms with van der Waals surface area (Å²) in [4.78, 5) is 37.3. The summed E-state index contributed by atoms with van der Waals surface area (Å²) in [5.74, 6) is -0.128. The van der Waals surface area contributed by atoms with E-state index in [9.17, 15) is 14.4 Å². The fraction of sp³-hybridized carbons (Fsp3) is 0.562. The van der Waals surface area contributed by atoms with E-state index < -0.39 is 12.0 Å². The number of nitrogens with zero attached hydrogens (tertiary/aromatic N) is 1. The highest BCUT2D eigenvalue weighted by Crippen LogP contribution is 2.41. The Bertz CT molecular complexity index is 575. The van der Waals surface area contributed by atoms with Crippen LogP contribution in [0.4, 0.5) is 0 Å². The molecule has 1 aliphatic rings. The van der Waals surface area contributed by atoms with Gasteiger partial charge in [0.05, 0.1) is 6.26 Å². The number of rotatable bonds is 7. The van der Waals surface area contributed by atoms with E-state index in [1.54, 1.807) is 12.1 Å². The van der Waals surface area contributed by atoms with Crippen molar-refractivity contribution in [2.24, 2.45) is 0 Å². The first-order valence-electron chi connectivity index (χ1n) is 7.91. The van der Waals surface area contributed by atoms with Gasteiger partial charge in [-0.1, -0.05) is 13.3 Å². The van der Waals surface area contributed by atoms with Gasteiger partial charge in [0.1, 0.15) is 17.2 Å². The Hall–Kier alpha value is -1.96. The number of esters is 1. The van der Waals surface area contributed by atoms with Gasteiger partial charge in [0.15, 0.2) is 6.61 Å². The molecule has 0 spiro atoms. The normalized spacial score (nSPS) is 20.0. The minimum absolute atomic E-state index is 0.240. The summed E-state index contributed by atoms with van der Waals surface area (Å²) < 4.78 is 10.4. The molecule has 1 saturated heterocycles. The summed E-state index contributed by atoms with van der Waals surface area (Å²) in [7, 11) is 0. The van der Waals surface area contributed by atoms with Gasteiger partial charge in [-0.05, 0) is 18.6 Å². The van der Waals surface area contributed by atoms with Gasteiger partial charge in [0, 0.05) is 19.2 Å². The molecule has 0 aliphatic carbocycles. The molecule has 0 aromatic carbocycles. The molecule has 0 unspecified atom stereocenters. The van der Waals surface area contributed by atoms with E-state index in [0.29, 0.717) is 18.1 Å². The van der Waals surface area contributed by atoms with Crippen LogP contribution in [0.5, 0.6) is 0 Å². The van der Waals surface area contributed by atoms with Crippen LogP contribution in [0.15, 0.2) is 22.8 Å². The number of amides is 2. The van der Waals surface area contributed by atoms with E-state index in [4.69, 9.17) is 9.15 Å². The van der Waals surface area contributed by atoms with E-state index in [1.165, 1.54) is 29.8 Å². The minimum Gasteiger partial charge on any atom is -0.466 e. The third-order valence-electron chi connectivity index (χ3n) is 3.62. The first-order chi connectivity index (χ1) is 11.5. The van der Waals surface area contributed by atoms with E-state index in [-0.39, 0.29) is 23.8 Å². The third-order valence-corrected chi connectivity index (χ3v) is 4.90. The number of carbonyl (C=O) groups is 3. The van der Waals surface area contributed by atoms with Crippen LogP contribution in [0.1, 0.15) is 37.8 Å². The largest absolute Gasteiger partial charge is 0.466 e. The topological polar surface area (TPSA) is 88.8 Å². The highest BCUT2D eigenvalue weighted by atomic mass is 32.2. The van der Waals surface area contributed by atoms with Crippen molar-refractivity contribution in [3.63, 3.8) is 0 Å². The number of furan rings is 1. The Kier molecular flexibility index (Phi) is 6.72. The standard InChI is InChI=1S/C16H22N2O5S/c1-3-4-7-17-14(20)9-23-16(21)12-10-24-15(18(12)11(2)19)13-6-5-8-22-13/h5-6,8,12,15H,3-4,7,9-10H2,1-2H3,(H,17,20)/t12-,15+/m1/s1. The number of thioether (sulfide) groups is 1. The molecule has 1 aliphatic heterocycles. The molecule has 0 radical (unpaired) electrons. The number of hydrogen-bond acceptors (Lipinski definition) is 6. The lowest BCUT2D eigenvalue weighted by Gasteiger charge is -2.25. The molecule has 1 fully saturated rings. The van der Waals surface area contributed by atoms with Crippen molar-refractivity contribution in [2.45, 2.75) is 38.1 Å². The molecule has 7 nitrogen and oxygen atoms in total. The van der Waals surface area contributed by atoms with Crippen molar-refractivity contribution in [3.05, 3.63) is 24.2 Å². The van der Waals surface area contributed by atoms with Gasteiger partial charge < -0.3 is 19.4 Å². The molecule has 2 atom stereocenters. The van der Waals surface area contributed by atoms with Crippen LogP contribution in [0.3, 0.4) is 0 Å². The second-order valence-electron chi connectivity index (χ2n) is 5.45. The average Bonchev–Trinajstić information content (AvgIpc) is 3.21. The smallest absolute Gasteiger partial charge is 0.330 e. The Morgan fingerprint density at radius 3 is 2.88 bits per heavy atom. The summed E-state index contributed by atoms with van der Waals surface area (Å²) in [6.45, 7) is 3.66. The van der Waals surface area contributed by atoms with Crippen LogP contribution >= 0.6 is 11.8 Å². The highest BCUT2D eigenvalue weighted by Gasteiger charge is 2.43. The molecule has 0 bridgehead atoms. The van der Waals surface area contributed by atoms with Crippen molar-refractivity contribution in [1.29, 1.82) is 0 Å². The van der Waals surface area contributed by atoms with Crippen LogP contribution in [0.2, 0.25) is 0 Å². The average molecular weight is 354 g/mol. The first kappa shape index (κ1) is 18.4. The Labute approximate surface area is 145 Å². The van der Waals surface area contributed by atoms with Crippen LogP contribution in [-0.2, 0) is 19.1 Å². The fourth-order valence-corrected chi connectivity index (χ4v) is 3.83. The van der Waals surface area contributed by atoms with Gasteiger partial charge in [-0.2, -0.15) is 0 Å². The molecular weight excluding hydrogens is 332 g/mol. The summed E-state index contributed by atoms with van der Waals surface area (Å²) >= 11 is 1.43. The lowest BCUT2D eigenvalue weighted by Crippen LogP contribution is -2.43. The van der Waals surface area contributed by atoms with Crippen molar-refractivity contribution in [2.75, 3.05) is 18.9 Å². The number of hydrogen-bond donors (Lipinski definition) is 1. The lowest BCUT2D eigenvalue weighted by molar-refractivity contribution is -0.156. The first-order valence-corrected chi connectivity index (χ1v) is 8.96. The van der Waals surface area contributed by atoms with Crippen LogP contribution in [0, 0.1) is 0 Å². The van der Waals surface area contributed by atoms with E-state index in [1.807, 2.05) is 6.92 Å². The second kappa shape index (κ2) is 8.77. The number of carbonyl (C=O) groups excluding carboxylic acids is 3. The maximum Gasteiger partial charge on any atom is 0.330 e. The highest BCUT2D eigenvalue weighted by molar-refractivity contribution is 7.99. The molecule has 2 rings (SSSR count). The zero-order chi connectivity index (χ0) is 17.5. The van der Waals surface area contributed by atoms with E-state index in [0.717, 1.165) is 12.8 Å². The third kappa shape index (κ3) is 4.53. The van der Waals surface area contributed by atoms with E-state index in [2.05, 4.69) is 5.32 Å². The van der Waals surface area contributed by atoms with Crippen LogP contribution < -0.4 is 5.32 Å². The molecule has 0 saturated carbocycles. The Morgan fingerprint density at radius 2 is 2.25 bits per heavy atom. The van der Waals surface area contributed by atoms with Crippen LogP contribution in [-0.4, -0.2) is 47.6 Å². The van der Waals surface area contributed by atoms with Gasteiger partial charge >= 0.3 is 5.97 Å². The van der Waals surface area contributed by atoms with Crippen LogP contribution in [0.25, 0.3) is 0 Å². The van der Waals surface area contributed by atoms with Gasteiger partial charge in [0.25, 0.3) is 5.91 Å². The van der Waals surface area contributed by atoms with Gasteiger partial charge in [-0.25, -0.2) is 4.79 Å². The van der Waals surface area contributed by atoms with Crippen molar-refractivity contribution in [1.82, 2.24) is 10.2 Å². The number of unbranched alkanes of at least 4 members (excludes halogenated alkanes) is 1. The summed E-state index contributed by atoms with van der Waals surface area (Å²) in [5.41, 5.74) is 0. The van der Waals surface area contributed by atoms with Gasteiger partial charge in [0.2, 0.25) is 5.91 Å². The van der Waals surface area contributed by atoms with Gasteiger partial charge in [-0.3, -0.25) is 9.59 Å².